The zero-order valence-corrected chi connectivity index (χ0v) is 13.7. The first-order valence-corrected chi connectivity index (χ1v) is 7.66. The van der Waals surface area contributed by atoms with Crippen molar-refractivity contribution in [1.82, 2.24) is 5.32 Å². The summed E-state index contributed by atoms with van der Waals surface area (Å²) >= 11 is 0. The molecule has 6 heteroatoms. The lowest BCUT2D eigenvalue weighted by molar-refractivity contribution is -0.385. The van der Waals surface area contributed by atoms with Crippen LogP contribution >= 0.6 is 0 Å². The van der Waals surface area contributed by atoms with Crippen LogP contribution in [-0.4, -0.2) is 24.0 Å². The molecule has 2 aromatic carbocycles. The third-order valence-corrected chi connectivity index (χ3v) is 3.55. The molecule has 0 atom stereocenters. The first kappa shape index (κ1) is 17.5. The zero-order chi connectivity index (χ0) is 17.5. The van der Waals surface area contributed by atoms with E-state index >= 15 is 0 Å². The highest BCUT2D eigenvalue weighted by molar-refractivity contribution is 5.79. The van der Waals surface area contributed by atoms with Gasteiger partial charge in [-0.2, -0.15) is 0 Å². The number of rotatable bonds is 7. The Bertz CT molecular complexity index is 744. The van der Waals surface area contributed by atoms with Crippen molar-refractivity contribution in [2.45, 2.75) is 20.3 Å². The maximum atomic E-state index is 11.9. The molecule has 1 amide bonds. The molecule has 0 unspecified atom stereocenters. The predicted molar refractivity (Wildman–Crippen MR) is 91.2 cm³/mol. The molecule has 24 heavy (non-hydrogen) atoms. The van der Waals surface area contributed by atoms with Gasteiger partial charge in [0.1, 0.15) is 12.4 Å². The van der Waals surface area contributed by atoms with Crippen molar-refractivity contribution < 1.29 is 14.5 Å². The molecule has 1 N–H and O–H groups in total. The highest BCUT2D eigenvalue weighted by Gasteiger charge is 2.15. The van der Waals surface area contributed by atoms with Crippen molar-refractivity contribution in [3.8, 4) is 5.75 Å². The van der Waals surface area contributed by atoms with Gasteiger partial charge in [0.2, 0.25) is 5.91 Å². The van der Waals surface area contributed by atoms with Gasteiger partial charge in [-0.15, -0.1) is 0 Å². The fourth-order valence-electron chi connectivity index (χ4n) is 2.39. The molecule has 0 radical (unpaired) electrons. The second-order valence-corrected chi connectivity index (χ2v) is 5.53. The van der Waals surface area contributed by atoms with Gasteiger partial charge in [-0.1, -0.05) is 35.9 Å². The van der Waals surface area contributed by atoms with Crippen molar-refractivity contribution in [3.63, 3.8) is 0 Å². The summed E-state index contributed by atoms with van der Waals surface area (Å²) in [4.78, 5) is 22.4. The maximum Gasteiger partial charge on any atom is 0.273 e. The largest absolute Gasteiger partial charge is 0.491 e. The van der Waals surface area contributed by atoms with Crippen molar-refractivity contribution >= 4 is 11.6 Å². The highest BCUT2D eigenvalue weighted by Crippen LogP contribution is 2.19. The van der Waals surface area contributed by atoms with E-state index in [1.165, 1.54) is 6.07 Å². The Morgan fingerprint density at radius 1 is 1.21 bits per heavy atom. The Balaban J connectivity index is 1.81. The SMILES string of the molecule is Cc1ccc(OCCNC(=O)Cc2ccccc2[N+](=O)[O-])c(C)c1. The smallest absolute Gasteiger partial charge is 0.273 e. The lowest BCUT2D eigenvalue weighted by atomic mass is 10.1. The van der Waals surface area contributed by atoms with Crippen molar-refractivity contribution in [2.75, 3.05) is 13.2 Å². The van der Waals surface area contributed by atoms with Crippen LogP contribution in [0.25, 0.3) is 0 Å². The Labute approximate surface area is 140 Å². The molecular formula is C18H20N2O4. The van der Waals surface area contributed by atoms with Gasteiger partial charge < -0.3 is 10.1 Å². The number of benzene rings is 2. The lowest BCUT2D eigenvalue weighted by Gasteiger charge is -2.10. The number of nitrogens with zero attached hydrogens (tertiary/aromatic N) is 1. The van der Waals surface area contributed by atoms with Crippen molar-refractivity contribution in [3.05, 3.63) is 69.3 Å². The maximum absolute atomic E-state index is 11.9. The summed E-state index contributed by atoms with van der Waals surface area (Å²) in [5, 5.41) is 13.6. The fraction of sp³-hybridized carbons (Fsp3) is 0.278. The van der Waals surface area contributed by atoms with E-state index in [0.29, 0.717) is 18.7 Å². The van der Waals surface area contributed by atoms with Crippen LogP contribution in [0.2, 0.25) is 0 Å². The van der Waals surface area contributed by atoms with Gasteiger partial charge in [0.25, 0.3) is 5.69 Å². The summed E-state index contributed by atoms with van der Waals surface area (Å²) in [6.45, 7) is 4.66. The number of hydrogen-bond acceptors (Lipinski definition) is 4. The van der Waals surface area contributed by atoms with Gasteiger partial charge in [0.15, 0.2) is 0 Å². The van der Waals surface area contributed by atoms with E-state index in [-0.39, 0.29) is 18.0 Å². The van der Waals surface area contributed by atoms with E-state index in [4.69, 9.17) is 4.74 Å². The molecule has 0 aliphatic carbocycles. The summed E-state index contributed by atoms with van der Waals surface area (Å²) < 4.78 is 5.63. The molecule has 0 aromatic heterocycles. The number of carbonyl (C=O) groups is 1. The summed E-state index contributed by atoms with van der Waals surface area (Å²) in [7, 11) is 0. The van der Waals surface area contributed by atoms with Crippen LogP contribution in [0, 0.1) is 24.0 Å². The molecule has 0 heterocycles. The Kier molecular flexibility index (Phi) is 5.89. The molecule has 0 aliphatic rings. The molecule has 6 nitrogen and oxygen atoms in total. The van der Waals surface area contributed by atoms with Crippen LogP contribution in [0.5, 0.6) is 5.75 Å². The predicted octanol–water partition coefficient (Wildman–Crippen LogP) is 2.95. The minimum atomic E-state index is -0.480. The minimum absolute atomic E-state index is 0.0271. The average molecular weight is 328 g/mol. The number of nitro groups is 1. The fourth-order valence-corrected chi connectivity index (χ4v) is 2.39. The van der Waals surface area contributed by atoms with E-state index in [1.807, 2.05) is 32.0 Å². The Morgan fingerprint density at radius 2 is 1.96 bits per heavy atom. The van der Waals surface area contributed by atoms with E-state index in [9.17, 15) is 14.9 Å². The molecule has 0 saturated carbocycles. The summed E-state index contributed by atoms with van der Waals surface area (Å²) in [5.41, 5.74) is 2.56. The van der Waals surface area contributed by atoms with Crippen LogP contribution in [0.15, 0.2) is 42.5 Å². The van der Waals surface area contributed by atoms with Gasteiger partial charge in [-0.05, 0) is 25.5 Å². The lowest BCUT2D eigenvalue weighted by Crippen LogP contribution is -2.29. The number of hydrogen-bond donors (Lipinski definition) is 1. The molecular weight excluding hydrogens is 308 g/mol. The quantitative estimate of drug-likeness (QED) is 0.481. The molecule has 126 valence electrons. The van der Waals surface area contributed by atoms with E-state index in [1.54, 1.807) is 18.2 Å². The third kappa shape index (κ3) is 4.81. The summed E-state index contributed by atoms with van der Waals surface area (Å²) in [6.07, 6.45) is -0.0271. The molecule has 0 saturated heterocycles. The van der Waals surface area contributed by atoms with Gasteiger partial charge in [0, 0.05) is 11.6 Å². The molecule has 0 aliphatic heterocycles. The van der Waals surface area contributed by atoms with Crippen LogP contribution in [-0.2, 0) is 11.2 Å². The molecule has 2 rings (SSSR count). The molecule has 2 aromatic rings. The summed E-state index contributed by atoms with van der Waals surface area (Å²) in [5.74, 6) is 0.516. The molecule has 0 spiro atoms. The first-order valence-electron chi connectivity index (χ1n) is 7.66. The van der Waals surface area contributed by atoms with Crippen molar-refractivity contribution in [2.24, 2.45) is 0 Å². The number of carbonyl (C=O) groups excluding carboxylic acids is 1. The van der Waals surface area contributed by atoms with Gasteiger partial charge >= 0.3 is 0 Å². The number of aryl methyl sites for hydroxylation is 2. The van der Waals surface area contributed by atoms with Crippen molar-refractivity contribution in [1.29, 1.82) is 0 Å². The van der Waals surface area contributed by atoms with Crippen LogP contribution in [0.4, 0.5) is 5.69 Å². The number of amides is 1. The van der Waals surface area contributed by atoms with E-state index in [2.05, 4.69) is 5.32 Å². The van der Waals surface area contributed by atoms with Gasteiger partial charge in [-0.3, -0.25) is 14.9 Å². The molecule has 0 fully saturated rings. The number of para-hydroxylation sites is 1. The van der Waals surface area contributed by atoms with Gasteiger partial charge in [0.05, 0.1) is 17.9 Å². The molecule has 0 bridgehead atoms. The standard InChI is InChI=1S/C18H20N2O4/c1-13-7-8-17(14(2)11-13)24-10-9-19-18(21)12-15-5-3-4-6-16(15)20(22)23/h3-8,11H,9-10,12H2,1-2H3,(H,19,21). The van der Waals surface area contributed by atoms with Crippen LogP contribution in [0.1, 0.15) is 16.7 Å². The average Bonchev–Trinajstić information content (AvgIpc) is 2.53. The number of nitro benzene ring substituents is 1. The normalized spacial score (nSPS) is 10.2. The number of nitrogens with one attached hydrogen (secondary N) is 1. The Morgan fingerprint density at radius 3 is 2.67 bits per heavy atom. The topological polar surface area (TPSA) is 81.5 Å². The van der Waals surface area contributed by atoms with Crippen LogP contribution in [0.3, 0.4) is 0 Å². The van der Waals surface area contributed by atoms with Gasteiger partial charge in [-0.25, -0.2) is 0 Å². The third-order valence-electron chi connectivity index (χ3n) is 3.55. The first-order chi connectivity index (χ1) is 11.5. The summed E-state index contributed by atoms with van der Waals surface area (Å²) in [6, 6.07) is 12.1. The highest BCUT2D eigenvalue weighted by atomic mass is 16.6. The van der Waals surface area contributed by atoms with E-state index in [0.717, 1.165) is 16.9 Å². The second-order valence-electron chi connectivity index (χ2n) is 5.53. The second kappa shape index (κ2) is 8.10. The van der Waals surface area contributed by atoms with E-state index < -0.39 is 4.92 Å². The van der Waals surface area contributed by atoms with Crippen LogP contribution < -0.4 is 10.1 Å². The monoisotopic (exact) mass is 328 g/mol. The minimum Gasteiger partial charge on any atom is -0.491 e. The number of ether oxygens (including phenoxy) is 1. The Hall–Kier alpha value is -2.89. The zero-order valence-electron chi connectivity index (χ0n) is 13.7.